The third kappa shape index (κ3) is 5.20. The fourth-order valence-electron chi connectivity index (χ4n) is 2.69. The minimum atomic E-state index is -4.98. The molecule has 2 aromatic carbocycles. The lowest BCUT2D eigenvalue weighted by atomic mass is 10.1. The highest BCUT2D eigenvalue weighted by Gasteiger charge is 2.33. The summed E-state index contributed by atoms with van der Waals surface area (Å²) in [5.41, 5.74) is -1.96. The number of ether oxygens (including phenoxy) is 2. The number of nitro benzene ring substituents is 1. The van der Waals surface area contributed by atoms with Crippen LogP contribution in [0, 0.1) is 21.7 Å². The van der Waals surface area contributed by atoms with Crippen molar-refractivity contribution in [3.63, 3.8) is 0 Å². The topological polar surface area (TPSA) is 94.5 Å². The molecule has 1 N–H and O–H groups in total. The molecule has 12 heteroatoms. The van der Waals surface area contributed by atoms with Crippen molar-refractivity contribution in [3.8, 4) is 11.5 Å². The lowest BCUT2D eigenvalue weighted by Gasteiger charge is -2.12. The van der Waals surface area contributed by atoms with Crippen molar-refractivity contribution in [2.45, 2.75) is 12.6 Å². The van der Waals surface area contributed by atoms with Crippen LogP contribution in [0.4, 0.5) is 27.6 Å². The molecule has 0 aliphatic heterocycles. The number of hydrogen-bond donors (Lipinski definition) is 1. The van der Waals surface area contributed by atoms with Crippen LogP contribution in [0.5, 0.6) is 11.5 Å². The summed E-state index contributed by atoms with van der Waals surface area (Å²) in [7, 11) is 0. The minimum Gasteiger partial charge on any atom is -0.462 e. The summed E-state index contributed by atoms with van der Waals surface area (Å²) >= 11 is 0. The second-order valence-corrected chi connectivity index (χ2v) is 6.41. The van der Waals surface area contributed by atoms with Gasteiger partial charge in [0.2, 0.25) is 0 Å². The Morgan fingerprint density at radius 2 is 1.78 bits per heavy atom. The largest absolute Gasteiger partial charge is 0.462 e. The van der Waals surface area contributed by atoms with Crippen molar-refractivity contribution < 1.29 is 41.1 Å². The number of nitrogens with one attached hydrogen (secondary N) is 1. The Labute approximate surface area is 176 Å². The third-order valence-electron chi connectivity index (χ3n) is 4.22. The first-order chi connectivity index (χ1) is 15.1. The smallest absolute Gasteiger partial charge is 0.416 e. The predicted molar refractivity (Wildman–Crippen MR) is 99.3 cm³/mol. The summed E-state index contributed by atoms with van der Waals surface area (Å²) in [6.07, 6.45) is -1.34. The number of nitrogens with zero attached hydrogens (tertiary/aromatic N) is 1. The van der Waals surface area contributed by atoms with Gasteiger partial charge in [-0.2, -0.15) is 13.2 Å². The highest BCUT2D eigenvalue weighted by Crippen LogP contribution is 2.36. The number of rotatable bonds is 7. The van der Waals surface area contributed by atoms with Crippen molar-refractivity contribution >= 4 is 11.7 Å². The van der Waals surface area contributed by atoms with E-state index >= 15 is 0 Å². The second-order valence-electron chi connectivity index (χ2n) is 6.41. The van der Waals surface area contributed by atoms with Crippen LogP contribution in [0.15, 0.2) is 48.8 Å². The van der Waals surface area contributed by atoms with E-state index in [1.54, 1.807) is 18.5 Å². The summed E-state index contributed by atoms with van der Waals surface area (Å²) in [5.74, 6) is -5.98. The maximum atomic E-state index is 14.0. The zero-order valence-corrected chi connectivity index (χ0v) is 15.9. The van der Waals surface area contributed by atoms with E-state index in [1.807, 2.05) is 0 Å². The minimum absolute atomic E-state index is 0.0417. The molecule has 0 amide bonds. The Hall–Kier alpha value is -3.96. The standard InChI is InChI=1S/C20H13F5N2O5/c21-15-7-12(20(23,24)25)8-16(22)18(15)32-13-1-2-17(27(29)30)14(9-13)19(28)31-6-4-11-3-5-26-10-11/h1-3,5,7-10,26H,4,6H2. The van der Waals surface area contributed by atoms with Gasteiger partial charge in [-0.3, -0.25) is 10.1 Å². The second kappa shape index (κ2) is 9.04. The van der Waals surface area contributed by atoms with Gasteiger partial charge in [-0.25, -0.2) is 13.6 Å². The van der Waals surface area contributed by atoms with Crippen LogP contribution in [0.3, 0.4) is 0 Å². The normalized spacial score (nSPS) is 11.3. The Bertz CT molecular complexity index is 1120. The molecule has 0 aliphatic rings. The van der Waals surface area contributed by atoms with E-state index in [0.29, 0.717) is 6.42 Å². The molecule has 0 bridgehead atoms. The molecule has 3 rings (SSSR count). The molecule has 1 heterocycles. The monoisotopic (exact) mass is 456 g/mol. The van der Waals surface area contributed by atoms with Crippen LogP contribution in [-0.2, 0) is 17.3 Å². The third-order valence-corrected chi connectivity index (χ3v) is 4.22. The first-order valence-electron chi connectivity index (χ1n) is 8.87. The zero-order chi connectivity index (χ0) is 23.5. The van der Waals surface area contributed by atoms with Gasteiger partial charge in [0.1, 0.15) is 11.3 Å². The molecule has 0 saturated heterocycles. The molecule has 7 nitrogen and oxygen atoms in total. The van der Waals surface area contributed by atoms with Crippen LogP contribution in [0.2, 0.25) is 0 Å². The van der Waals surface area contributed by atoms with E-state index in [4.69, 9.17) is 9.47 Å². The fraction of sp³-hybridized carbons (Fsp3) is 0.150. The lowest BCUT2D eigenvalue weighted by Crippen LogP contribution is -2.11. The van der Waals surface area contributed by atoms with E-state index in [0.717, 1.165) is 23.8 Å². The predicted octanol–water partition coefficient (Wildman–Crippen LogP) is 5.41. The van der Waals surface area contributed by atoms with E-state index in [9.17, 15) is 36.9 Å². The van der Waals surface area contributed by atoms with Crippen molar-refractivity contribution in [1.82, 2.24) is 4.98 Å². The lowest BCUT2D eigenvalue weighted by molar-refractivity contribution is -0.385. The molecule has 0 atom stereocenters. The molecular weight excluding hydrogens is 443 g/mol. The zero-order valence-electron chi connectivity index (χ0n) is 15.9. The van der Waals surface area contributed by atoms with Gasteiger partial charge < -0.3 is 14.5 Å². The number of carbonyl (C=O) groups excluding carboxylic acids is 1. The maximum Gasteiger partial charge on any atom is 0.416 e. The summed E-state index contributed by atoms with van der Waals surface area (Å²) in [6.45, 7) is -0.110. The van der Waals surface area contributed by atoms with Crippen molar-refractivity contribution in [3.05, 3.63) is 87.2 Å². The number of alkyl halides is 3. The summed E-state index contributed by atoms with van der Waals surface area (Å²) in [6, 6.07) is 4.41. The Morgan fingerprint density at radius 3 is 2.34 bits per heavy atom. The summed E-state index contributed by atoms with van der Waals surface area (Å²) in [5, 5.41) is 11.2. The quantitative estimate of drug-likeness (QED) is 0.222. The molecule has 0 saturated carbocycles. The van der Waals surface area contributed by atoms with Gasteiger partial charge in [0.15, 0.2) is 17.4 Å². The van der Waals surface area contributed by atoms with Gasteiger partial charge in [-0.15, -0.1) is 0 Å². The SMILES string of the molecule is O=C(OCCc1cc[nH]c1)c1cc(Oc2c(F)cc(C(F)(F)F)cc2F)ccc1[N+](=O)[O-]. The molecule has 32 heavy (non-hydrogen) atoms. The van der Waals surface area contributed by atoms with Crippen LogP contribution >= 0.6 is 0 Å². The number of aromatic amines is 1. The Morgan fingerprint density at radius 1 is 1.09 bits per heavy atom. The Kier molecular flexibility index (Phi) is 6.42. The number of carbonyl (C=O) groups is 1. The highest BCUT2D eigenvalue weighted by molar-refractivity contribution is 5.94. The maximum absolute atomic E-state index is 14.0. The first kappa shape index (κ1) is 22.7. The number of hydrogen-bond acceptors (Lipinski definition) is 5. The van der Waals surface area contributed by atoms with E-state index < -0.39 is 57.0 Å². The number of halogens is 5. The molecule has 168 valence electrons. The van der Waals surface area contributed by atoms with Gasteiger partial charge in [0.25, 0.3) is 5.69 Å². The molecule has 1 aromatic heterocycles. The molecule has 0 aliphatic carbocycles. The molecule has 0 unspecified atom stereocenters. The highest BCUT2D eigenvalue weighted by atomic mass is 19.4. The van der Waals surface area contributed by atoms with E-state index in [2.05, 4.69) is 4.98 Å². The Balaban J connectivity index is 1.84. The van der Waals surface area contributed by atoms with Crippen LogP contribution in [0.1, 0.15) is 21.5 Å². The average molecular weight is 456 g/mol. The van der Waals surface area contributed by atoms with Crippen molar-refractivity contribution in [2.75, 3.05) is 6.61 Å². The molecule has 0 radical (unpaired) electrons. The fourth-order valence-corrected chi connectivity index (χ4v) is 2.69. The van der Waals surface area contributed by atoms with Gasteiger partial charge in [0, 0.05) is 30.9 Å². The van der Waals surface area contributed by atoms with Crippen LogP contribution < -0.4 is 4.74 Å². The van der Waals surface area contributed by atoms with Crippen molar-refractivity contribution in [1.29, 1.82) is 0 Å². The summed E-state index contributed by atoms with van der Waals surface area (Å²) in [4.78, 5) is 25.5. The average Bonchev–Trinajstić information content (AvgIpc) is 3.23. The number of aromatic nitrogens is 1. The van der Waals surface area contributed by atoms with Crippen molar-refractivity contribution in [2.24, 2.45) is 0 Å². The van der Waals surface area contributed by atoms with E-state index in [1.165, 1.54) is 0 Å². The number of benzene rings is 2. The van der Waals surface area contributed by atoms with Crippen LogP contribution in [-0.4, -0.2) is 22.5 Å². The number of H-pyrrole nitrogens is 1. The number of nitro groups is 1. The van der Waals surface area contributed by atoms with Gasteiger partial charge >= 0.3 is 12.1 Å². The molecule has 3 aromatic rings. The summed E-state index contributed by atoms with van der Waals surface area (Å²) < 4.78 is 76.0. The van der Waals surface area contributed by atoms with E-state index in [-0.39, 0.29) is 18.7 Å². The molecule has 0 spiro atoms. The van der Waals surface area contributed by atoms with Crippen LogP contribution in [0.25, 0.3) is 0 Å². The molecular formula is C20H13F5N2O5. The van der Waals surface area contributed by atoms with Gasteiger partial charge in [-0.05, 0) is 29.8 Å². The number of esters is 1. The first-order valence-corrected chi connectivity index (χ1v) is 8.87. The molecule has 0 fully saturated rings. The van der Waals surface area contributed by atoms with Gasteiger partial charge in [0.05, 0.1) is 17.1 Å². The van der Waals surface area contributed by atoms with Gasteiger partial charge in [-0.1, -0.05) is 0 Å².